The van der Waals surface area contributed by atoms with Gasteiger partial charge in [-0.1, -0.05) is 18.2 Å². The number of halogens is 1. The number of rotatable bonds is 4. The summed E-state index contributed by atoms with van der Waals surface area (Å²) in [5.74, 6) is -0.100. The third-order valence-electron chi connectivity index (χ3n) is 2.71. The Labute approximate surface area is 111 Å². The van der Waals surface area contributed by atoms with Crippen LogP contribution in [0.1, 0.15) is 23.7 Å². The van der Waals surface area contributed by atoms with Crippen LogP contribution in [-0.2, 0) is 0 Å². The van der Waals surface area contributed by atoms with E-state index in [2.05, 4.69) is 10.3 Å². The standard InChI is InChI=1S/C14H15ClN2O/c1-10(15)7-9-17-14(18)12-6-2-4-11-5-3-8-16-13(11)12/h2-6,8,10H,7,9H2,1H3,(H,17,18). The van der Waals surface area contributed by atoms with Gasteiger partial charge in [-0.15, -0.1) is 11.6 Å². The van der Waals surface area contributed by atoms with E-state index in [-0.39, 0.29) is 11.3 Å². The molecule has 0 saturated carbocycles. The molecule has 1 heterocycles. The van der Waals surface area contributed by atoms with Crippen molar-refractivity contribution in [3.8, 4) is 0 Å². The molecule has 1 unspecified atom stereocenters. The SMILES string of the molecule is CC(Cl)CCNC(=O)c1cccc2cccnc12. The van der Waals surface area contributed by atoms with Crippen molar-refractivity contribution in [1.29, 1.82) is 0 Å². The molecular weight excluding hydrogens is 248 g/mol. The van der Waals surface area contributed by atoms with Crippen LogP contribution in [0.3, 0.4) is 0 Å². The second-order valence-electron chi connectivity index (χ2n) is 4.21. The monoisotopic (exact) mass is 262 g/mol. The van der Waals surface area contributed by atoms with E-state index >= 15 is 0 Å². The Morgan fingerprint density at radius 1 is 1.39 bits per heavy atom. The van der Waals surface area contributed by atoms with Gasteiger partial charge in [0.05, 0.1) is 11.1 Å². The summed E-state index contributed by atoms with van der Waals surface area (Å²) in [4.78, 5) is 16.3. The molecule has 1 aromatic carbocycles. The number of aromatic nitrogens is 1. The average Bonchev–Trinajstić information content (AvgIpc) is 2.37. The molecule has 0 aliphatic heterocycles. The van der Waals surface area contributed by atoms with E-state index in [1.807, 2.05) is 31.2 Å². The Kier molecular flexibility index (Phi) is 4.15. The number of carbonyl (C=O) groups is 1. The van der Waals surface area contributed by atoms with Gasteiger partial charge in [0.1, 0.15) is 0 Å². The lowest BCUT2D eigenvalue weighted by atomic mass is 10.1. The molecule has 0 spiro atoms. The van der Waals surface area contributed by atoms with E-state index in [0.29, 0.717) is 12.1 Å². The molecule has 4 heteroatoms. The lowest BCUT2D eigenvalue weighted by Gasteiger charge is -2.08. The van der Waals surface area contributed by atoms with Gasteiger partial charge in [-0.05, 0) is 25.5 Å². The first kappa shape index (κ1) is 12.8. The number of nitrogens with zero attached hydrogens (tertiary/aromatic N) is 1. The maximum Gasteiger partial charge on any atom is 0.253 e. The Balaban J connectivity index is 2.17. The first-order valence-electron chi connectivity index (χ1n) is 5.94. The Morgan fingerprint density at radius 2 is 2.17 bits per heavy atom. The predicted octanol–water partition coefficient (Wildman–Crippen LogP) is 2.98. The molecule has 0 aliphatic rings. The van der Waals surface area contributed by atoms with Crippen LogP contribution in [0, 0.1) is 0 Å². The van der Waals surface area contributed by atoms with Crippen molar-refractivity contribution in [2.75, 3.05) is 6.54 Å². The van der Waals surface area contributed by atoms with E-state index in [0.717, 1.165) is 17.3 Å². The zero-order chi connectivity index (χ0) is 13.0. The topological polar surface area (TPSA) is 42.0 Å². The number of amides is 1. The van der Waals surface area contributed by atoms with Gasteiger partial charge in [0.15, 0.2) is 0 Å². The molecule has 0 bridgehead atoms. The number of fused-ring (bicyclic) bond motifs is 1. The summed E-state index contributed by atoms with van der Waals surface area (Å²) in [6.45, 7) is 2.49. The molecule has 2 rings (SSSR count). The summed E-state index contributed by atoms with van der Waals surface area (Å²) in [5.41, 5.74) is 1.34. The normalized spacial score (nSPS) is 12.3. The number of carbonyl (C=O) groups excluding carboxylic acids is 1. The number of para-hydroxylation sites is 1. The van der Waals surface area contributed by atoms with Crippen LogP contribution < -0.4 is 5.32 Å². The highest BCUT2D eigenvalue weighted by molar-refractivity contribution is 6.20. The number of benzene rings is 1. The van der Waals surface area contributed by atoms with Crippen molar-refractivity contribution >= 4 is 28.4 Å². The van der Waals surface area contributed by atoms with Crippen molar-refractivity contribution in [2.45, 2.75) is 18.7 Å². The third kappa shape index (κ3) is 2.99. The molecule has 94 valence electrons. The smallest absolute Gasteiger partial charge is 0.253 e. The summed E-state index contributed by atoms with van der Waals surface area (Å²) < 4.78 is 0. The fourth-order valence-corrected chi connectivity index (χ4v) is 1.88. The van der Waals surface area contributed by atoms with Gasteiger partial charge in [-0.2, -0.15) is 0 Å². The quantitative estimate of drug-likeness (QED) is 0.861. The number of nitrogens with one attached hydrogen (secondary N) is 1. The van der Waals surface area contributed by atoms with Gasteiger partial charge in [0.25, 0.3) is 5.91 Å². The van der Waals surface area contributed by atoms with Crippen LogP contribution in [0.15, 0.2) is 36.5 Å². The number of alkyl halides is 1. The van der Waals surface area contributed by atoms with Crippen LogP contribution in [-0.4, -0.2) is 22.8 Å². The molecule has 18 heavy (non-hydrogen) atoms. The van der Waals surface area contributed by atoms with Gasteiger partial charge in [0, 0.05) is 23.5 Å². The third-order valence-corrected chi connectivity index (χ3v) is 2.92. The first-order valence-corrected chi connectivity index (χ1v) is 6.38. The van der Waals surface area contributed by atoms with E-state index in [1.165, 1.54) is 0 Å². The summed E-state index contributed by atoms with van der Waals surface area (Å²) in [6, 6.07) is 9.40. The Bertz CT molecular complexity index is 549. The van der Waals surface area contributed by atoms with Crippen LogP contribution in [0.2, 0.25) is 0 Å². The maximum absolute atomic E-state index is 12.0. The van der Waals surface area contributed by atoms with Crippen LogP contribution in [0.25, 0.3) is 10.9 Å². The summed E-state index contributed by atoms with van der Waals surface area (Å²) >= 11 is 5.84. The summed E-state index contributed by atoms with van der Waals surface area (Å²) in [6.07, 6.45) is 2.45. The summed E-state index contributed by atoms with van der Waals surface area (Å²) in [5, 5.41) is 3.89. The van der Waals surface area contributed by atoms with Crippen LogP contribution in [0.4, 0.5) is 0 Å². The second kappa shape index (κ2) is 5.83. The van der Waals surface area contributed by atoms with Crippen molar-refractivity contribution in [3.63, 3.8) is 0 Å². The van der Waals surface area contributed by atoms with Gasteiger partial charge >= 0.3 is 0 Å². The molecule has 1 atom stereocenters. The highest BCUT2D eigenvalue weighted by Crippen LogP contribution is 2.15. The van der Waals surface area contributed by atoms with Gasteiger partial charge in [-0.25, -0.2) is 0 Å². The minimum atomic E-state index is -0.100. The largest absolute Gasteiger partial charge is 0.352 e. The molecule has 1 N–H and O–H groups in total. The number of hydrogen-bond donors (Lipinski definition) is 1. The van der Waals surface area contributed by atoms with Gasteiger partial charge < -0.3 is 5.32 Å². The molecule has 0 radical (unpaired) electrons. The maximum atomic E-state index is 12.0. The number of hydrogen-bond acceptors (Lipinski definition) is 2. The van der Waals surface area contributed by atoms with Crippen molar-refractivity contribution < 1.29 is 4.79 Å². The van der Waals surface area contributed by atoms with E-state index < -0.39 is 0 Å². The van der Waals surface area contributed by atoms with E-state index in [4.69, 9.17) is 11.6 Å². The molecule has 1 amide bonds. The minimum absolute atomic E-state index is 0.0657. The van der Waals surface area contributed by atoms with Crippen molar-refractivity contribution in [2.24, 2.45) is 0 Å². The fraction of sp³-hybridized carbons (Fsp3) is 0.286. The van der Waals surface area contributed by atoms with Crippen molar-refractivity contribution in [1.82, 2.24) is 10.3 Å². The molecule has 3 nitrogen and oxygen atoms in total. The van der Waals surface area contributed by atoms with Crippen molar-refractivity contribution in [3.05, 3.63) is 42.1 Å². The average molecular weight is 263 g/mol. The minimum Gasteiger partial charge on any atom is -0.352 e. The molecule has 0 aliphatic carbocycles. The molecule has 0 saturated heterocycles. The molecular formula is C14H15ClN2O. The van der Waals surface area contributed by atoms with Gasteiger partial charge in [0.2, 0.25) is 0 Å². The summed E-state index contributed by atoms with van der Waals surface area (Å²) in [7, 11) is 0. The predicted molar refractivity (Wildman–Crippen MR) is 74.0 cm³/mol. The fourth-order valence-electron chi connectivity index (χ4n) is 1.77. The first-order chi connectivity index (χ1) is 8.68. The highest BCUT2D eigenvalue weighted by atomic mass is 35.5. The van der Waals surface area contributed by atoms with E-state index in [1.54, 1.807) is 12.3 Å². The van der Waals surface area contributed by atoms with E-state index in [9.17, 15) is 4.79 Å². The molecule has 1 aromatic heterocycles. The zero-order valence-corrected chi connectivity index (χ0v) is 10.9. The highest BCUT2D eigenvalue weighted by Gasteiger charge is 2.10. The Morgan fingerprint density at radius 3 is 2.94 bits per heavy atom. The van der Waals surface area contributed by atoms with Crippen LogP contribution >= 0.6 is 11.6 Å². The Hall–Kier alpha value is -1.61. The lowest BCUT2D eigenvalue weighted by Crippen LogP contribution is -2.26. The van der Waals surface area contributed by atoms with Crippen LogP contribution in [0.5, 0.6) is 0 Å². The molecule has 0 fully saturated rings. The van der Waals surface area contributed by atoms with Gasteiger partial charge in [-0.3, -0.25) is 9.78 Å². The lowest BCUT2D eigenvalue weighted by molar-refractivity contribution is 0.0955. The second-order valence-corrected chi connectivity index (χ2v) is 4.95. The molecule has 2 aromatic rings. The number of pyridine rings is 1. The zero-order valence-electron chi connectivity index (χ0n) is 10.2.